The molecule has 0 aliphatic rings. The van der Waals surface area contributed by atoms with Gasteiger partial charge in [-0.1, -0.05) is 18.2 Å². The van der Waals surface area contributed by atoms with E-state index in [0.29, 0.717) is 11.3 Å². The van der Waals surface area contributed by atoms with Crippen LogP contribution in [0.3, 0.4) is 0 Å². The van der Waals surface area contributed by atoms with Crippen LogP contribution in [0, 0.1) is 0 Å². The summed E-state index contributed by atoms with van der Waals surface area (Å²) in [6.07, 6.45) is 0. The van der Waals surface area contributed by atoms with Crippen LogP contribution in [0.15, 0.2) is 59.5 Å². The molecule has 24 heavy (non-hydrogen) atoms. The van der Waals surface area contributed by atoms with Crippen LogP contribution in [0.5, 0.6) is 0 Å². The van der Waals surface area contributed by atoms with Gasteiger partial charge < -0.3 is 10.1 Å². The molecule has 2 rings (SSSR count). The zero-order chi connectivity index (χ0) is 17.6. The monoisotopic (exact) mass is 348 g/mol. The van der Waals surface area contributed by atoms with E-state index in [1.807, 2.05) is 0 Å². The Hall–Kier alpha value is -2.87. The molecule has 0 aromatic heterocycles. The van der Waals surface area contributed by atoms with E-state index in [1.165, 1.54) is 43.5 Å². The zero-order valence-corrected chi connectivity index (χ0v) is 13.7. The lowest BCUT2D eigenvalue weighted by atomic mass is 10.2. The van der Waals surface area contributed by atoms with Gasteiger partial charge in [0.1, 0.15) is 6.54 Å². The average Bonchev–Trinajstić information content (AvgIpc) is 2.60. The summed E-state index contributed by atoms with van der Waals surface area (Å²) in [5.74, 6) is -1.02. The molecular formula is C16H16N2O5S. The van der Waals surface area contributed by atoms with E-state index >= 15 is 0 Å². The van der Waals surface area contributed by atoms with Gasteiger partial charge in [0.15, 0.2) is 0 Å². The number of methoxy groups -OCH3 is 1. The number of rotatable bonds is 6. The van der Waals surface area contributed by atoms with E-state index in [4.69, 9.17) is 0 Å². The molecule has 0 unspecified atom stereocenters. The highest BCUT2D eigenvalue weighted by molar-refractivity contribution is 7.92. The van der Waals surface area contributed by atoms with Gasteiger partial charge in [0.05, 0.1) is 12.0 Å². The van der Waals surface area contributed by atoms with Crippen molar-refractivity contribution < 1.29 is 22.7 Å². The number of esters is 1. The van der Waals surface area contributed by atoms with Crippen LogP contribution < -0.4 is 10.0 Å². The molecule has 2 N–H and O–H groups in total. The summed E-state index contributed by atoms with van der Waals surface area (Å²) in [6, 6.07) is 13.8. The van der Waals surface area contributed by atoms with Crippen molar-refractivity contribution in [2.24, 2.45) is 0 Å². The Bertz CT molecular complexity index is 817. The second-order valence-electron chi connectivity index (χ2n) is 4.75. The molecule has 0 heterocycles. The van der Waals surface area contributed by atoms with Gasteiger partial charge in [-0.2, -0.15) is 0 Å². The molecule has 8 heteroatoms. The van der Waals surface area contributed by atoms with Gasteiger partial charge in [-0.05, 0) is 36.4 Å². The second kappa shape index (κ2) is 7.60. The van der Waals surface area contributed by atoms with Gasteiger partial charge in [0.2, 0.25) is 0 Å². The lowest BCUT2D eigenvalue weighted by molar-refractivity contribution is -0.139. The second-order valence-corrected chi connectivity index (χ2v) is 6.44. The van der Waals surface area contributed by atoms with Gasteiger partial charge in [-0.3, -0.25) is 14.3 Å². The summed E-state index contributed by atoms with van der Waals surface area (Å²) in [6.45, 7) is -0.238. The molecule has 0 aliphatic carbocycles. The summed E-state index contributed by atoms with van der Waals surface area (Å²) in [7, 11) is -2.46. The number of carbonyl (C=O) groups excluding carboxylic acids is 2. The first-order valence-corrected chi connectivity index (χ1v) is 8.43. The highest BCUT2D eigenvalue weighted by atomic mass is 32.2. The summed E-state index contributed by atoms with van der Waals surface area (Å²) in [5, 5.41) is 2.39. The fraction of sp³-hybridized carbons (Fsp3) is 0.125. The third-order valence-corrected chi connectivity index (χ3v) is 4.47. The molecule has 0 bridgehead atoms. The molecule has 0 spiro atoms. The first-order valence-electron chi connectivity index (χ1n) is 6.95. The highest BCUT2D eigenvalue weighted by Gasteiger charge is 2.14. The highest BCUT2D eigenvalue weighted by Crippen LogP contribution is 2.16. The molecule has 0 saturated carbocycles. The number of benzene rings is 2. The van der Waals surface area contributed by atoms with Crippen LogP contribution in [0.4, 0.5) is 5.69 Å². The number of sulfonamides is 1. The summed E-state index contributed by atoms with van der Waals surface area (Å²) >= 11 is 0. The number of amides is 1. The lowest BCUT2D eigenvalue weighted by Crippen LogP contribution is -2.30. The topological polar surface area (TPSA) is 102 Å². The minimum Gasteiger partial charge on any atom is -0.468 e. The number of ether oxygens (including phenoxy) is 1. The number of hydrogen-bond donors (Lipinski definition) is 2. The number of nitrogens with one attached hydrogen (secondary N) is 2. The predicted octanol–water partition coefficient (Wildman–Crippen LogP) is 1.39. The molecular weight excluding hydrogens is 332 g/mol. The predicted molar refractivity (Wildman–Crippen MR) is 88.0 cm³/mol. The van der Waals surface area contributed by atoms with Gasteiger partial charge in [-0.25, -0.2) is 8.42 Å². The number of hydrogen-bond acceptors (Lipinski definition) is 5. The molecule has 0 fully saturated rings. The van der Waals surface area contributed by atoms with E-state index < -0.39 is 21.9 Å². The van der Waals surface area contributed by atoms with Gasteiger partial charge >= 0.3 is 5.97 Å². The van der Waals surface area contributed by atoms with E-state index in [-0.39, 0.29) is 11.4 Å². The molecule has 1 amide bonds. The minimum absolute atomic E-state index is 0.143. The fourth-order valence-electron chi connectivity index (χ4n) is 1.83. The van der Waals surface area contributed by atoms with Gasteiger partial charge in [-0.15, -0.1) is 0 Å². The Morgan fingerprint density at radius 1 is 1.00 bits per heavy atom. The van der Waals surface area contributed by atoms with Crippen molar-refractivity contribution in [2.45, 2.75) is 4.90 Å². The van der Waals surface area contributed by atoms with Gasteiger partial charge in [0.25, 0.3) is 15.9 Å². The van der Waals surface area contributed by atoms with Crippen LogP contribution in [-0.4, -0.2) is 33.9 Å². The van der Waals surface area contributed by atoms with Crippen LogP contribution >= 0.6 is 0 Å². The van der Waals surface area contributed by atoms with E-state index in [2.05, 4.69) is 14.8 Å². The molecule has 0 saturated heterocycles. The first-order chi connectivity index (χ1) is 11.4. The van der Waals surface area contributed by atoms with Crippen molar-refractivity contribution >= 4 is 27.6 Å². The minimum atomic E-state index is -3.68. The van der Waals surface area contributed by atoms with Crippen LogP contribution in [-0.2, 0) is 19.6 Å². The smallest absolute Gasteiger partial charge is 0.325 e. The third-order valence-electron chi connectivity index (χ3n) is 3.07. The third kappa shape index (κ3) is 4.56. The summed E-state index contributed by atoms with van der Waals surface area (Å²) in [5.41, 5.74) is 0.616. The molecule has 0 aliphatic heterocycles. The average molecular weight is 348 g/mol. The van der Waals surface area contributed by atoms with Crippen molar-refractivity contribution in [3.63, 3.8) is 0 Å². The SMILES string of the molecule is COC(=O)CNC(=O)c1ccc(NS(=O)(=O)c2ccccc2)cc1. The Morgan fingerprint density at radius 3 is 2.21 bits per heavy atom. The van der Waals surface area contributed by atoms with Crippen molar-refractivity contribution in [1.29, 1.82) is 0 Å². The van der Waals surface area contributed by atoms with E-state index in [9.17, 15) is 18.0 Å². The lowest BCUT2D eigenvalue weighted by Gasteiger charge is -2.09. The van der Waals surface area contributed by atoms with Crippen molar-refractivity contribution in [3.05, 3.63) is 60.2 Å². The maximum absolute atomic E-state index is 12.2. The number of carbonyl (C=O) groups is 2. The first kappa shape index (κ1) is 17.5. The summed E-state index contributed by atoms with van der Waals surface area (Å²) < 4.78 is 31.2. The molecule has 0 atom stereocenters. The van der Waals surface area contributed by atoms with Crippen LogP contribution in [0.1, 0.15) is 10.4 Å². The fourth-order valence-corrected chi connectivity index (χ4v) is 2.91. The van der Waals surface area contributed by atoms with Crippen LogP contribution in [0.2, 0.25) is 0 Å². The zero-order valence-electron chi connectivity index (χ0n) is 12.9. The Morgan fingerprint density at radius 2 is 1.62 bits per heavy atom. The molecule has 7 nitrogen and oxygen atoms in total. The quantitative estimate of drug-likeness (QED) is 0.768. The molecule has 2 aromatic carbocycles. The van der Waals surface area contributed by atoms with Crippen LogP contribution in [0.25, 0.3) is 0 Å². The molecule has 2 aromatic rings. The van der Waals surface area contributed by atoms with Crippen molar-refractivity contribution in [2.75, 3.05) is 18.4 Å². The van der Waals surface area contributed by atoms with E-state index in [0.717, 1.165) is 0 Å². The van der Waals surface area contributed by atoms with Crippen molar-refractivity contribution in [1.82, 2.24) is 5.32 Å². The van der Waals surface area contributed by atoms with E-state index in [1.54, 1.807) is 18.2 Å². The largest absolute Gasteiger partial charge is 0.468 e. The Kier molecular flexibility index (Phi) is 5.54. The van der Waals surface area contributed by atoms with Gasteiger partial charge in [0, 0.05) is 11.3 Å². The Labute approximate surface area is 139 Å². The summed E-state index contributed by atoms with van der Waals surface area (Å²) in [4.78, 5) is 22.9. The number of anilines is 1. The molecule has 126 valence electrons. The standard InChI is InChI=1S/C16H16N2O5S/c1-23-15(19)11-17-16(20)12-7-9-13(10-8-12)18-24(21,22)14-5-3-2-4-6-14/h2-10,18H,11H2,1H3,(H,17,20). The van der Waals surface area contributed by atoms with Crippen molar-refractivity contribution in [3.8, 4) is 0 Å². The Balaban J connectivity index is 2.04. The molecule has 0 radical (unpaired) electrons. The maximum Gasteiger partial charge on any atom is 0.325 e. The maximum atomic E-state index is 12.2. The normalized spacial score (nSPS) is 10.7.